The molecule has 0 aliphatic heterocycles. The minimum Gasteiger partial charge on any atom is -0.459 e. The van der Waals surface area contributed by atoms with Gasteiger partial charge in [0.25, 0.3) is 0 Å². The zero-order valence-electron chi connectivity index (χ0n) is 21.7. The molecule has 194 valence electrons. The van der Waals surface area contributed by atoms with Crippen LogP contribution in [0.1, 0.15) is 37.5 Å². The number of carbonyl (C=O) groups excluding carboxylic acids is 2. The van der Waals surface area contributed by atoms with Crippen molar-refractivity contribution in [2.75, 3.05) is 13.2 Å². The number of rotatable bonds is 12. The van der Waals surface area contributed by atoms with Gasteiger partial charge < -0.3 is 19.4 Å². The van der Waals surface area contributed by atoms with Crippen LogP contribution >= 0.6 is 0 Å². The summed E-state index contributed by atoms with van der Waals surface area (Å²) in [5.41, 5.74) is 2.65. The molecule has 0 saturated heterocycles. The Bertz CT molecular complexity index is 1160. The molecule has 0 fully saturated rings. The lowest BCUT2D eigenvalue weighted by Crippen LogP contribution is -2.42. The van der Waals surface area contributed by atoms with Gasteiger partial charge in [-0.15, -0.1) is 0 Å². The van der Waals surface area contributed by atoms with E-state index in [1.165, 1.54) is 11.6 Å². The van der Waals surface area contributed by atoms with Crippen molar-refractivity contribution in [1.82, 2.24) is 14.9 Å². The molecule has 0 saturated carbocycles. The van der Waals surface area contributed by atoms with Crippen LogP contribution in [-0.2, 0) is 32.0 Å². The molecule has 0 aliphatic carbocycles. The maximum Gasteiger partial charge on any atom is 0.330 e. The summed E-state index contributed by atoms with van der Waals surface area (Å²) < 4.78 is 12.8. The smallest absolute Gasteiger partial charge is 0.330 e. The lowest BCUT2D eigenvalue weighted by Gasteiger charge is -2.24. The number of aromatic nitrogens is 2. The highest BCUT2D eigenvalue weighted by Crippen LogP contribution is 2.12. The zero-order chi connectivity index (χ0) is 26.5. The number of imidazole rings is 1. The van der Waals surface area contributed by atoms with Crippen LogP contribution in [0, 0.1) is 0 Å². The average molecular weight is 502 g/mol. The third kappa shape index (κ3) is 10.7. The molecule has 1 aromatic heterocycles. The number of nitrogens with zero attached hydrogens (tertiary/aromatic N) is 2. The third-order valence-corrected chi connectivity index (χ3v) is 5.25. The summed E-state index contributed by atoms with van der Waals surface area (Å²) in [4.78, 5) is 28.7. The van der Waals surface area contributed by atoms with Gasteiger partial charge >= 0.3 is 11.9 Å². The van der Waals surface area contributed by atoms with Crippen molar-refractivity contribution in [3.63, 3.8) is 0 Å². The lowest BCUT2D eigenvalue weighted by molar-refractivity contribution is -0.157. The predicted octanol–water partition coefficient (Wildman–Crippen LogP) is 4.59. The molecule has 0 amide bonds. The number of ether oxygens (including phenoxy) is 2. The molecular weight excluding hydrogens is 466 g/mol. The second-order valence-electron chi connectivity index (χ2n) is 9.60. The first-order valence-corrected chi connectivity index (χ1v) is 12.3. The van der Waals surface area contributed by atoms with E-state index in [9.17, 15) is 9.59 Å². The van der Waals surface area contributed by atoms with Crippen molar-refractivity contribution >= 4 is 18.0 Å². The van der Waals surface area contributed by atoms with Gasteiger partial charge in [-0.2, -0.15) is 0 Å². The van der Waals surface area contributed by atoms with E-state index in [1.54, 1.807) is 24.7 Å². The standard InChI is InChI=1S/C30H35N3O4/c1-30(2,3)37-29(35)27(21-25-9-5-4-6-10-25)32-17-7-12-28(34)36-20-8-11-24-13-15-26(16-14-24)22-33-19-18-31-23-33/h4-16,18-19,23,27,32H,17,20-22H2,1-3H3/t27-/m1/s1. The molecule has 37 heavy (non-hydrogen) atoms. The fraction of sp³-hybridized carbons (Fsp3) is 0.300. The first kappa shape index (κ1) is 27.6. The van der Waals surface area contributed by atoms with E-state index in [-0.39, 0.29) is 12.6 Å². The van der Waals surface area contributed by atoms with Crippen LogP contribution in [0.5, 0.6) is 0 Å². The minimum atomic E-state index is -0.580. The Morgan fingerprint density at radius 1 is 1.03 bits per heavy atom. The predicted molar refractivity (Wildman–Crippen MR) is 145 cm³/mol. The van der Waals surface area contributed by atoms with Gasteiger partial charge in [-0.25, -0.2) is 9.78 Å². The molecule has 0 spiro atoms. The number of esters is 2. The molecule has 1 atom stereocenters. The summed E-state index contributed by atoms with van der Waals surface area (Å²) in [5.74, 6) is -0.772. The van der Waals surface area contributed by atoms with Gasteiger partial charge in [0.05, 0.1) is 6.33 Å². The van der Waals surface area contributed by atoms with Gasteiger partial charge in [-0.3, -0.25) is 4.79 Å². The number of carbonyl (C=O) groups is 2. The number of hydrogen-bond acceptors (Lipinski definition) is 6. The van der Waals surface area contributed by atoms with E-state index in [0.29, 0.717) is 13.0 Å². The van der Waals surface area contributed by atoms with Gasteiger partial charge in [0.1, 0.15) is 18.2 Å². The quantitative estimate of drug-likeness (QED) is 0.289. The molecule has 1 heterocycles. The molecule has 7 nitrogen and oxygen atoms in total. The average Bonchev–Trinajstić information content (AvgIpc) is 3.37. The van der Waals surface area contributed by atoms with Crippen molar-refractivity contribution in [2.45, 2.75) is 45.4 Å². The van der Waals surface area contributed by atoms with Crippen LogP contribution in [0.4, 0.5) is 0 Å². The molecule has 3 rings (SSSR count). The molecule has 7 heteroatoms. The highest BCUT2D eigenvalue weighted by atomic mass is 16.6. The van der Waals surface area contributed by atoms with E-state index < -0.39 is 17.6 Å². The number of nitrogens with one attached hydrogen (secondary N) is 1. The van der Waals surface area contributed by atoms with E-state index in [1.807, 2.05) is 80.1 Å². The van der Waals surface area contributed by atoms with Crippen LogP contribution in [-0.4, -0.2) is 46.3 Å². The second kappa shape index (κ2) is 13.9. The molecule has 2 aromatic carbocycles. The van der Waals surface area contributed by atoms with Gasteiger partial charge in [-0.05, 0) is 50.0 Å². The summed E-state index contributed by atoms with van der Waals surface area (Å²) in [5, 5.41) is 3.16. The highest BCUT2D eigenvalue weighted by molar-refractivity contribution is 5.82. The van der Waals surface area contributed by atoms with Crippen molar-refractivity contribution < 1.29 is 19.1 Å². The summed E-state index contributed by atoms with van der Waals surface area (Å²) in [6, 6.07) is 17.4. The normalized spacial score (nSPS) is 12.6. The highest BCUT2D eigenvalue weighted by Gasteiger charge is 2.24. The van der Waals surface area contributed by atoms with Gasteiger partial charge in [0.15, 0.2) is 0 Å². The van der Waals surface area contributed by atoms with Crippen LogP contribution < -0.4 is 5.32 Å². The summed E-state index contributed by atoms with van der Waals surface area (Å²) in [7, 11) is 0. The first-order chi connectivity index (χ1) is 17.8. The molecule has 0 bridgehead atoms. The van der Waals surface area contributed by atoms with Gasteiger partial charge in [0.2, 0.25) is 0 Å². The van der Waals surface area contributed by atoms with E-state index in [0.717, 1.165) is 17.7 Å². The minimum absolute atomic E-state index is 0.169. The Kier molecular flexibility index (Phi) is 10.4. The second-order valence-corrected chi connectivity index (χ2v) is 9.60. The zero-order valence-corrected chi connectivity index (χ0v) is 21.7. The van der Waals surface area contributed by atoms with Gasteiger partial charge in [0, 0.05) is 31.6 Å². The van der Waals surface area contributed by atoms with Gasteiger partial charge in [-0.1, -0.05) is 66.7 Å². The lowest BCUT2D eigenvalue weighted by atomic mass is 10.1. The van der Waals surface area contributed by atoms with E-state index in [2.05, 4.69) is 22.4 Å². The Hall–Kier alpha value is -3.97. The SMILES string of the molecule is CC(C)(C)OC(=O)[C@@H](Cc1ccccc1)NCC=CC(=O)OCC=Cc1ccc(Cn2ccnc2)cc1. The topological polar surface area (TPSA) is 82.5 Å². The number of benzene rings is 2. The van der Waals surface area contributed by atoms with Crippen molar-refractivity contribution in [3.05, 3.63) is 108 Å². The molecule has 3 aromatic rings. The molecule has 0 aliphatic rings. The van der Waals surface area contributed by atoms with Crippen molar-refractivity contribution in [3.8, 4) is 0 Å². The molecule has 0 radical (unpaired) electrons. The van der Waals surface area contributed by atoms with Crippen LogP contribution in [0.15, 0.2) is 91.5 Å². The van der Waals surface area contributed by atoms with Crippen molar-refractivity contribution in [1.29, 1.82) is 0 Å². The van der Waals surface area contributed by atoms with E-state index >= 15 is 0 Å². The monoisotopic (exact) mass is 501 g/mol. The van der Waals surface area contributed by atoms with Crippen LogP contribution in [0.3, 0.4) is 0 Å². The Labute approximate surface area is 218 Å². The maximum absolute atomic E-state index is 12.7. The first-order valence-electron chi connectivity index (χ1n) is 12.3. The Morgan fingerprint density at radius 3 is 2.46 bits per heavy atom. The summed E-state index contributed by atoms with van der Waals surface area (Å²) in [6.07, 6.45) is 12.7. The molecule has 0 unspecified atom stereocenters. The summed E-state index contributed by atoms with van der Waals surface area (Å²) in [6.45, 7) is 6.79. The summed E-state index contributed by atoms with van der Waals surface area (Å²) >= 11 is 0. The Morgan fingerprint density at radius 2 is 1.78 bits per heavy atom. The fourth-order valence-electron chi connectivity index (χ4n) is 3.51. The fourth-order valence-corrected chi connectivity index (χ4v) is 3.51. The maximum atomic E-state index is 12.7. The largest absolute Gasteiger partial charge is 0.459 e. The Balaban J connectivity index is 1.41. The number of hydrogen-bond donors (Lipinski definition) is 1. The van der Waals surface area contributed by atoms with Crippen LogP contribution in [0.25, 0.3) is 6.08 Å². The van der Waals surface area contributed by atoms with Crippen LogP contribution in [0.2, 0.25) is 0 Å². The van der Waals surface area contributed by atoms with Crippen molar-refractivity contribution in [2.24, 2.45) is 0 Å². The molecule has 1 N–H and O–H groups in total. The van der Waals surface area contributed by atoms with E-state index in [4.69, 9.17) is 9.47 Å². The molecular formula is C30H35N3O4. The third-order valence-electron chi connectivity index (χ3n) is 5.25.